The normalized spacial score (nSPS) is 15.4. The van der Waals surface area contributed by atoms with Gasteiger partial charge >= 0.3 is 0 Å². The Labute approximate surface area is 182 Å². The molecule has 1 fully saturated rings. The molecule has 0 saturated carbocycles. The van der Waals surface area contributed by atoms with E-state index in [-0.39, 0.29) is 11.9 Å². The van der Waals surface area contributed by atoms with Gasteiger partial charge < -0.3 is 14.6 Å². The van der Waals surface area contributed by atoms with Crippen LogP contribution in [0.1, 0.15) is 47.1 Å². The van der Waals surface area contributed by atoms with Gasteiger partial charge in [-0.1, -0.05) is 23.7 Å². The summed E-state index contributed by atoms with van der Waals surface area (Å²) in [5.41, 5.74) is 2.58. The molecule has 1 saturated heterocycles. The maximum absolute atomic E-state index is 12.8. The molecule has 1 aromatic heterocycles. The summed E-state index contributed by atoms with van der Waals surface area (Å²) in [7, 11) is 1.67. The van der Waals surface area contributed by atoms with Crippen LogP contribution in [0.25, 0.3) is 11.5 Å². The topological polar surface area (TPSA) is 80.5 Å². The molecule has 1 atom stereocenters. The molecule has 4 rings (SSSR count). The lowest BCUT2D eigenvalue weighted by Gasteiger charge is -2.35. The molecule has 0 aliphatic carbocycles. The Kier molecular flexibility index (Phi) is 6.62. The Morgan fingerprint density at radius 3 is 2.42 bits per heavy atom. The molecule has 3 aromatic rings. The van der Waals surface area contributed by atoms with Crippen LogP contribution in [0.15, 0.2) is 53.1 Å². The summed E-state index contributed by atoms with van der Waals surface area (Å²) in [4.78, 5) is 19.5. The van der Waals surface area contributed by atoms with E-state index < -0.39 is 0 Å². The van der Waals surface area contributed by atoms with Crippen molar-refractivity contribution in [1.82, 2.24) is 20.4 Å². The smallest absolute Gasteiger partial charge is 0.257 e. The second kappa shape index (κ2) is 9.75. The van der Waals surface area contributed by atoms with Crippen LogP contribution in [0, 0.1) is 6.92 Å². The van der Waals surface area contributed by atoms with Crippen LogP contribution in [-0.2, 0) is 0 Å². The van der Waals surface area contributed by atoms with E-state index in [1.54, 1.807) is 26.2 Å². The lowest BCUT2D eigenvalue weighted by molar-refractivity contribution is 0.0924. The van der Waals surface area contributed by atoms with E-state index in [1.165, 1.54) is 24.8 Å². The van der Waals surface area contributed by atoms with Crippen LogP contribution < -0.4 is 10.1 Å². The molecule has 1 amide bonds. The van der Waals surface area contributed by atoms with Crippen molar-refractivity contribution < 1.29 is 14.1 Å². The highest BCUT2D eigenvalue weighted by molar-refractivity contribution is 5.94. The molecule has 1 N–H and O–H groups in total. The Morgan fingerprint density at radius 1 is 1.10 bits per heavy atom. The summed E-state index contributed by atoms with van der Waals surface area (Å²) in [5.74, 6) is 1.78. The third kappa shape index (κ3) is 5.11. The number of piperidine rings is 1. The minimum Gasteiger partial charge on any atom is -0.497 e. The number of hydrogen-bond acceptors (Lipinski definition) is 6. The minimum absolute atomic E-state index is 0.0937. The predicted molar refractivity (Wildman–Crippen MR) is 118 cm³/mol. The molecule has 1 aliphatic heterocycles. The van der Waals surface area contributed by atoms with Crippen molar-refractivity contribution in [2.75, 3.05) is 26.7 Å². The number of rotatable bonds is 7. The van der Waals surface area contributed by atoms with Gasteiger partial charge in [-0.2, -0.15) is 4.98 Å². The molecule has 162 valence electrons. The maximum Gasteiger partial charge on any atom is 0.257 e. The van der Waals surface area contributed by atoms with Crippen molar-refractivity contribution in [1.29, 1.82) is 0 Å². The van der Waals surface area contributed by atoms with Crippen molar-refractivity contribution >= 4 is 5.91 Å². The summed E-state index contributed by atoms with van der Waals surface area (Å²) in [6.07, 6.45) is 3.65. The van der Waals surface area contributed by atoms with E-state index in [0.29, 0.717) is 23.8 Å². The molecule has 2 heterocycles. The number of hydrogen-bond donors (Lipinski definition) is 1. The Balaban J connectivity index is 1.44. The predicted octanol–water partition coefficient (Wildman–Crippen LogP) is 4.01. The molecule has 1 aliphatic rings. The highest BCUT2D eigenvalue weighted by Crippen LogP contribution is 2.26. The molecule has 2 aromatic carbocycles. The third-order valence-electron chi connectivity index (χ3n) is 5.71. The number of aromatic nitrogens is 2. The van der Waals surface area contributed by atoms with Crippen LogP contribution in [0.2, 0.25) is 0 Å². The van der Waals surface area contributed by atoms with Crippen molar-refractivity contribution in [3.8, 4) is 17.2 Å². The van der Waals surface area contributed by atoms with Gasteiger partial charge in [0.05, 0.1) is 13.2 Å². The molecule has 0 radical (unpaired) electrons. The Hall–Kier alpha value is -3.19. The first-order valence-corrected chi connectivity index (χ1v) is 10.7. The number of aryl methyl sites for hydroxylation is 1. The minimum atomic E-state index is -0.0937. The highest BCUT2D eigenvalue weighted by atomic mass is 16.5. The van der Waals surface area contributed by atoms with Gasteiger partial charge in [-0.15, -0.1) is 0 Å². The van der Waals surface area contributed by atoms with Gasteiger partial charge in [0.25, 0.3) is 11.8 Å². The van der Waals surface area contributed by atoms with Gasteiger partial charge in [0.1, 0.15) is 5.75 Å². The van der Waals surface area contributed by atoms with E-state index in [2.05, 4.69) is 32.5 Å². The van der Waals surface area contributed by atoms with Crippen LogP contribution in [0.3, 0.4) is 0 Å². The highest BCUT2D eigenvalue weighted by Gasteiger charge is 2.23. The van der Waals surface area contributed by atoms with E-state index in [9.17, 15) is 4.79 Å². The van der Waals surface area contributed by atoms with Crippen LogP contribution >= 0.6 is 0 Å². The fraction of sp³-hybridized carbons (Fsp3) is 0.375. The van der Waals surface area contributed by atoms with E-state index in [1.807, 2.05) is 24.3 Å². The molecule has 7 heteroatoms. The number of carbonyl (C=O) groups excluding carboxylic acids is 1. The summed E-state index contributed by atoms with van der Waals surface area (Å²) in [6.45, 7) is 4.42. The second-order valence-corrected chi connectivity index (χ2v) is 7.82. The number of likely N-dealkylation sites (tertiary alicyclic amines) is 1. The average Bonchev–Trinajstić information content (AvgIpc) is 3.26. The Bertz CT molecular complexity index is 992. The fourth-order valence-electron chi connectivity index (χ4n) is 3.98. The van der Waals surface area contributed by atoms with Crippen molar-refractivity contribution in [2.45, 2.75) is 32.2 Å². The quantitative estimate of drug-likeness (QED) is 0.622. The monoisotopic (exact) mass is 420 g/mol. The number of nitrogens with one attached hydrogen (secondary N) is 1. The SMILES string of the molecule is COc1ccc(C(CNC(=O)c2ccc(-c3nc(C)no3)cc2)N2CCCCC2)cc1. The van der Waals surface area contributed by atoms with Crippen LogP contribution in [0.5, 0.6) is 5.75 Å². The van der Waals surface area contributed by atoms with Gasteiger partial charge in [0.15, 0.2) is 5.82 Å². The summed E-state index contributed by atoms with van der Waals surface area (Å²) >= 11 is 0. The van der Waals surface area contributed by atoms with Crippen LogP contribution in [0.4, 0.5) is 0 Å². The standard InChI is InChI=1S/C24H28N4O3/c1-17-26-24(31-27-17)20-8-6-19(7-9-20)23(29)25-16-22(28-14-4-3-5-15-28)18-10-12-21(30-2)13-11-18/h6-13,22H,3-5,14-16H2,1-2H3,(H,25,29). The number of ether oxygens (including phenoxy) is 1. The molecular formula is C24H28N4O3. The largest absolute Gasteiger partial charge is 0.497 e. The number of methoxy groups -OCH3 is 1. The summed E-state index contributed by atoms with van der Waals surface area (Å²) in [6, 6.07) is 15.5. The Morgan fingerprint density at radius 2 is 1.81 bits per heavy atom. The number of nitrogens with zero attached hydrogens (tertiary/aromatic N) is 3. The third-order valence-corrected chi connectivity index (χ3v) is 5.71. The zero-order valence-electron chi connectivity index (χ0n) is 18.0. The molecule has 31 heavy (non-hydrogen) atoms. The van der Waals surface area contributed by atoms with Crippen LogP contribution in [-0.4, -0.2) is 47.7 Å². The fourth-order valence-corrected chi connectivity index (χ4v) is 3.98. The van der Waals surface area contributed by atoms with Gasteiger partial charge in [0.2, 0.25) is 0 Å². The van der Waals surface area contributed by atoms with Gasteiger partial charge in [0, 0.05) is 17.7 Å². The number of amides is 1. The molecular weight excluding hydrogens is 392 g/mol. The zero-order chi connectivity index (χ0) is 21.6. The van der Waals surface area contributed by atoms with Gasteiger partial charge in [-0.3, -0.25) is 9.69 Å². The summed E-state index contributed by atoms with van der Waals surface area (Å²) < 4.78 is 10.5. The van der Waals surface area contributed by atoms with E-state index in [0.717, 1.165) is 24.4 Å². The van der Waals surface area contributed by atoms with Crippen molar-refractivity contribution in [2.24, 2.45) is 0 Å². The van der Waals surface area contributed by atoms with Gasteiger partial charge in [-0.05, 0) is 74.8 Å². The zero-order valence-corrected chi connectivity index (χ0v) is 18.0. The van der Waals surface area contributed by atoms with E-state index >= 15 is 0 Å². The van der Waals surface area contributed by atoms with Gasteiger partial charge in [-0.25, -0.2) is 0 Å². The van der Waals surface area contributed by atoms with Crippen molar-refractivity contribution in [3.63, 3.8) is 0 Å². The first-order valence-electron chi connectivity index (χ1n) is 10.7. The molecule has 7 nitrogen and oxygen atoms in total. The number of carbonyl (C=O) groups is 1. The molecule has 0 bridgehead atoms. The molecule has 1 unspecified atom stereocenters. The lowest BCUT2D eigenvalue weighted by atomic mass is 10.0. The first-order chi connectivity index (χ1) is 15.1. The van der Waals surface area contributed by atoms with Crippen molar-refractivity contribution in [3.05, 3.63) is 65.5 Å². The first kappa shape index (κ1) is 21.1. The molecule has 0 spiro atoms. The lowest BCUT2D eigenvalue weighted by Crippen LogP contribution is -2.40. The number of benzene rings is 2. The second-order valence-electron chi connectivity index (χ2n) is 7.82. The van der Waals surface area contributed by atoms with E-state index in [4.69, 9.17) is 9.26 Å². The average molecular weight is 421 g/mol. The summed E-state index contributed by atoms with van der Waals surface area (Å²) in [5, 5.41) is 6.93. The maximum atomic E-state index is 12.8.